The quantitative estimate of drug-likeness (QED) is 0.226. The molecule has 3 N–H and O–H groups in total. The van der Waals surface area contributed by atoms with Crippen LogP contribution in [-0.2, 0) is 6.18 Å². The molecule has 0 radical (unpaired) electrons. The second kappa shape index (κ2) is 13.2. The van der Waals surface area contributed by atoms with Crippen molar-refractivity contribution in [3.05, 3.63) is 95.8 Å². The average Bonchev–Trinajstić information content (AvgIpc) is 3.02. The number of carbonyl (C=O) groups is 2. The summed E-state index contributed by atoms with van der Waals surface area (Å²) in [5.74, 6) is 0.202. The maximum atomic E-state index is 13.2. The van der Waals surface area contributed by atoms with Crippen LogP contribution >= 0.6 is 0 Å². The lowest BCUT2D eigenvalue weighted by molar-refractivity contribution is -0.137. The molecule has 13 heteroatoms. The maximum absolute atomic E-state index is 13.2. The van der Waals surface area contributed by atoms with Gasteiger partial charge in [-0.3, -0.25) is 9.69 Å². The molecule has 1 aliphatic rings. The van der Waals surface area contributed by atoms with Crippen molar-refractivity contribution in [1.29, 1.82) is 0 Å². The van der Waals surface area contributed by atoms with Gasteiger partial charge in [-0.1, -0.05) is 12.1 Å². The lowest BCUT2D eigenvalue weighted by Crippen LogP contribution is -2.44. The third-order valence-electron chi connectivity index (χ3n) is 7.50. The van der Waals surface area contributed by atoms with Gasteiger partial charge in [-0.05, 0) is 74.1 Å². The molecular formula is C32H33F3N8O2. The lowest BCUT2D eigenvalue weighted by Gasteiger charge is -2.34. The highest BCUT2D eigenvalue weighted by molar-refractivity contribution is 6.06. The van der Waals surface area contributed by atoms with E-state index in [2.05, 4.69) is 54.9 Å². The fraction of sp³-hybridized carbons (Fsp3) is 0.250. The number of rotatable bonds is 7. The van der Waals surface area contributed by atoms with Crippen LogP contribution in [0.4, 0.5) is 52.4 Å². The van der Waals surface area contributed by atoms with Crippen LogP contribution in [0.1, 0.15) is 21.5 Å². The third-order valence-corrected chi connectivity index (χ3v) is 7.50. The summed E-state index contributed by atoms with van der Waals surface area (Å²) in [5, 5.41) is 8.49. The van der Waals surface area contributed by atoms with E-state index in [4.69, 9.17) is 0 Å². The van der Waals surface area contributed by atoms with Gasteiger partial charge < -0.3 is 25.8 Å². The number of nitrogens with zero attached hydrogens (tertiary/aromatic N) is 5. The highest BCUT2D eigenvalue weighted by Gasteiger charge is 2.30. The zero-order valence-electron chi connectivity index (χ0n) is 25.0. The lowest BCUT2D eigenvalue weighted by atomic mass is 10.1. The summed E-state index contributed by atoms with van der Waals surface area (Å²) >= 11 is 0. The second-order valence-electron chi connectivity index (χ2n) is 10.8. The monoisotopic (exact) mass is 618 g/mol. The van der Waals surface area contributed by atoms with Gasteiger partial charge in [-0.15, -0.1) is 0 Å². The van der Waals surface area contributed by atoms with Crippen LogP contribution in [0.15, 0.2) is 79.1 Å². The molecule has 1 aromatic heterocycles. The first-order chi connectivity index (χ1) is 21.5. The van der Waals surface area contributed by atoms with E-state index in [-0.39, 0.29) is 11.3 Å². The van der Waals surface area contributed by atoms with Gasteiger partial charge in [0.1, 0.15) is 18.0 Å². The van der Waals surface area contributed by atoms with Crippen LogP contribution in [0.5, 0.6) is 0 Å². The number of benzene rings is 3. The Balaban J connectivity index is 1.22. The average molecular weight is 619 g/mol. The fourth-order valence-electron chi connectivity index (χ4n) is 4.74. The number of carbonyl (C=O) groups excluding carboxylic acids is 2. The largest absolute Gasteiger partial charge is 0.416 e. The first-order valence-corrected chi connectivity index (χ1v) is 14.2. The summed E-state index contributed by atoms with van der Waals surface area (Å²) < 4.78 is 39.2. The number of amides is 3. The topological polar surface area (TPSA) is 106 Å². The van der Waals surface area contributed by atoms with Gasteiger partial charge in [-0.25, -0.2) is 14.8 Å². The van der Waals surface area contributed by atoms with E-state index < -0.39 is 23.7 Å². The molecule has 0 saturated carbocycles. The molecule has 3 aromatic carbocycles. The molecule has 1 saturated heterocycles. The molecule has 0 atom stereocenters. The van der Waals surface area contributed by atoms with Gasteiger partial charge in [0.05, 0.1) is 5.56 Å². The number of halogens is 3. The molecule has 2 heterocycles. The molecule has 1 fully saturated rings. The number of aryl methyl sites for hydroxylation is 1. The van der Waals surface area contributed by atoms with E-state index in [9.17, 15) is 22.8 Å². The fourth-order valence-corrected chi connectivity index (χ4v) is 4.74. The van der Waals surface area contributed by atoms with Crippen molar-refractivity contribution < 1.29 is 22.8 Å². The molecule has 4 aromatic rings. The van der Waals surface area contributed by atoms with E-state index in [1.165, 1.54) is 35.5 Å². The summed E-state index contributed by atoms with van der Waals surface area (Å²) in [6.45, 7) is 5.75. The van der Waals surface area contributed by atoms with Gasteiger partial charge in [0.15, 0.2) is 0 Å². The Hall–Kier alpha value is -5.17. The summed E-state index contributed by atoms with van der Waals surface area (Å²) in [5.41, 5.74) is 2.31. The van der Waals surface area contributed by atoms with Crippen molar-refractivity contribution in [2.45, 2.75) is 13.1 Å². The van der Waals surface area contributed by atoms with Gasteiger partial charge >= 0.3 is 12.2 Å². The Morgan fingerprint density at radius 2 is 1.60 bits per heavy atom. The number of hydrogen-bond acceptors (Lipinski definition) is 7. The second-order valence-corrected chi connectivity index (χ2v) is 10.8. The van der Waals surface area contributed by atoms with E-state index in [0.717, 1.165) is 49.7 Å². The molecule has 5 rings (SSSR count). The summed E-state index contributed by atoms with van der Waals surface area (Å²) in [6, 6.07) is 18.2. The predicted molar refractivity (Wildman–Crippen MR) is 169 cm³/mol. The van der Waals surface area contributed by atoms with E-state index >= 15 is 0 Å². The minimum Gasteiger partial charge on any atom is -0.369 e. The Morgan fingerprint density at radius 1 is 0.867 bits per heavy atom. The summed E-state index contributed by atoms with van der Waals surface area (Å²) in [7, 11) is 3.67. The molecule has 0 unspecified atom stereocenters. The highest BCUT2D eigenvalue weighted by atomic mass is 19.4. The van der Waals surface area contributed by atoms with Crippen LogP contribution < -0.4 is 25.8 Å². The molecule has 1 aliphatic heterocycles. The molecule has 0 spiro atoms. The van der Waals surface area contributed by atoms with Crippen molar-refractivity contribution in [3.63, 3.8) is 0 Å². The first kappa shape index (κ1) is 31.3. The normalized spacial score (nSPS) is 13.7. The maximum Gasteiger partial charge on any atom is 0.416 e. The van der Waals surface area contributed by atoms with Gasteiger partial charge in [0, 0.05) is 67.6 Å². The third kappa shape index (κ3) is 7.87. The van der Waals surface area contributed by atoms with Crippen molar-refractivity contribution in [2.24, 2.45) is 0 Å². The van der Waals surface area contributed by atoms with E-state index in [1.54, 1.807) is 26.1 Å². The molecule has 45 heavy (non-hydrogen) atoms. The van der Waals surface area contributed by atoms with Crippen molar-refractivity contribution in [3.8, 4) is 0 Å². The number of anilines is 6. The summed E-state index contributed by atoms with van der Waals surface area (Å²) in [4.78, 5) is 40.5. The van der Waals surface area contributed by atoms with Crippen LogP contribution in [0.3, 0.4) is 0 Å². The summed E-state index contributed by atoms with van der Waals surface area (Å²) in [6.07, 6.45) is -3.19. The number of aromatic nitrogens is 2. The highest BCUT2D eigenvalue weighted by Crippen LogP contribution is 2.31. The molecular weight excluding hydrogens is 585 g/mol. The number of likely N-dealkylation sites (N-methyl/N-ethyl adjacent to an activating group) is 1. The van der Waals surface area contributed by atoms with Crippen LogP contribution in [-0.4, -0.2) is 67.1 Å². The Labute approximate surface area is 258 Å². The molecule has 3 amide bonds. The molecule has 10 nitrogen and oxygen atoms in total. The van der Waals surface area contributed by atoms with E-state index in [1.807, 2.05) is 12.1 Å². The van der Waals surface area contributed by atoms with Gasteiger partial charge in [0.2, 0.25) is 0 Å². The van der Waals surface area contributed by atoms with Gasteiger partial charge in [-0.2, -0.15) is 13.2 Å². The number of hydrogen-bond donors (Lipinski definition) is 3. The number of alkyl halides is 3. The minimum atomic E-state index is -4.54. The van der Waals surface area contributed by atoms with Crippen molar-refractivity contribution in [1.82, 2.24) is 14.9 Å². The number of urea groups is 1. The van der Waals surface area contributed by atoms with Crippen LogP contribution in [0.25, 0.3) is 0 Å². The molecule has 0 bridgehead atoms. The van der Waals surface area contributed by atoms with Gasteiger partial charge in [0.25, 0.3) is 5.91 Å². The Bertz CT molecular complexity index is 1670. The zero-order valence-corrected chi connectivity index (χ0v) is 25.0. The molecule has 0 aliphatic carbocycles. The Kier molecular flexibility index (Phi) is 9.18. The van der Waals surface area contributed by atoms with E-state index in [0.29, 0.717) is 22.9 Å². The first-order valence-electron chi connectivity index (χ1n) is 14.2. The predicted octanol–water partition coefficient (Wildman–Crippen LogP) is 6.22. The number of piperazine rings is 1. The minimum absolute atomic E-state index is 0.000122. The Morgan fingerprint density at radius 3 is 2.31 bits per heavy atom. The van der Waals surface area contributed by atoms with Crippen molar-refractivity contribution >= 4 is 46.3 Å². The van der Waals surface area contributed by atoms with Crippen LogP contribution in [0, 0.1) is 6.92 Å². The smallest absolute Gasteiger partial charge is 0.369 e. The SMILES string of the molecule is Cc1ccc(C(=O)Nc2cccc(C(F)(F)F)c2)cc1NC(=O)N(C)c1cc(Nc2ccc(N3CCN(C)CC3)cc2)ncn1. The number of nitrogens with one attached hydrogen (secondary N) is 3. The molecule has 234 valence electrons. The van der Waals surface area contributed by atoms with Crippen molar-refractivity contribution in [2.75, 3.05) is 66.0 Å². The zero-order chi connectivity index (χ0) is 32.1. The standard InChI is InChI=1S/C32H33F3N8O2/c1-21-7-8-22(30(44)39-25-6-4-5-23(18-25)32(33,34)35)17-27(21)40-31(45)42(3)29-19-28(36-20-37-29)38-24-9-11-26(12-10-24)43-15-13-41(2)14-16-43/h4-12,17-20H,13-16H2,1-3H3,(H,39,44)(H,40,45)(H,36,37,38). The van der Waals surface area contributed by atoms with Crippen LogP contribution in [0.2, 0.25) is 0 Å².